The lowest BCUT2D eigenvalue weighted by Crippen LogP contribution is -2.70. The van der Waals surface area contributed by atoms with Gasteiger partial charge >= 0.3 is 8.32 Å². The zero-order valence-electron chi connectivity index (χ0n) is 14.6. The van der Waals surface area contributed by atoms with Gasteiger partial charge in [0.15, 0.2) is 0 Å². The lowest BCUT2D eigenvalue weighted by molar-refractivity contribution is 0.415. The van der Waals surface area contributed by atoms with E-state index in [0.717, 1.165) is 18.6 Å². The van der Waals surface area contributed by atoms with Gasteiger partial charge in [-0.25, -0.2) is 0 Å². The predicted octanol–water partition coefficient (Wildman–Crippen LogP) is 4.04. The summed E-state index contributed by atoms with van der Waals surface area (Å²) in [5, 5.41) is 3.86. The van der Waals surface area contributed by atoms with Crippen LogP contribution >= 0.6 is 11.6 Å². The molecule has 0 N–H and O–H groups in total. The Labute approximate surface area is 161 Å². The number of alkyl halides is 1. The fourth-order valence-corrected chi connectivity index (χ4v) is 7.91. The molecule has 0 aliphatic carbocycles. The molecular formula is C23H21ClOSi. The van der Waals surface area contributed by atoms with Crippen molar-refractivity contribution in [1.29, 1.82) is 0 Å². The van der Waals surface area contributed by atoms with Crippen LogP contribution in [0.5, 0.6) is 0 Å². The van der Waals surface area contributed by atoms with Crippen LogP contribution in [0.25, 0.3) is 6.08 Å². The molecule has 130 valence electrons. The van der Waals surface area contributed by atoms with Gasteiger partial charge in [-0.15, -0.1) is 11.6 Å². The van der Waals surface area contributed by atoms with E-state index in [4.69, 9.17) is 16.0 Å². The number of hydrogen-bond acceptors (Lipinski definition) is 1. The molecule has 3 aromatic carbocycles. The maximum absolute atomic E-state index is 6.92. The molecule has 1 heterocycles. The van der Waals surface area contributed by atoms with Gasteiger partial charge in [-0.1, -0.05) is 84.9 Å². The molecule has 0 bridgehead atoms. The Hall–Kier alpha value is -2.29. The Kier molecular flexibility index (Phi) is 4.96. The van der Waals surface area contributed by atoms with Crippen LogP contribution in [0.1, 0.15) is 18.4 Å². The van der Waals surface area contributed by atoms with Gasteiger partial charge in [-0.2, -0.15) is 0 Å². The predicted molar refractivity (Wildman–Crippen MR) is 113 cm³/mol. The Bertz CT molecular complexity index is 866. The van der Waals surface area contributed by atoms with E-state index in [9.17, 15) is 0 Å². The molecule has 3 heteroatoms. The highest BCUT2D eigenvalue weighted by Crippen LogP contribution is 2.25. The first-order valence-electron chi connectivity index (χ1n) is 9.01. The van der Waals surface area contributed by atoms with Crippen molar-refractivity contribution >= 4 is 41.6 Å². The van der Waals surface area contributed by atoms with Crippen molar-refractivity contribution in [1.82, 2.24) is 0 Å². The number of allylic oxidation sites excluding steroid dienone is 1. The summed E-state index contributed by atoms with van der Waals surface area (Å²) in [6.45, 7) is 0. The number of benzene rings is 3. The molecule has 0 radical (unpaired) electrons. The highest BCUT2D eigenvalue weighted by Gasteiger charge is 2.47. The van der Waals surface area contributed by atoms with E-state index in [1.54, 1.807) is 0 Å². The number of halogens is 1. The zero-order valence-corrected chi connectivity index (χ0v) is 16.3. The lowest BCUT2D eigenvalue weighted by atomic mass is 10.1. The molecular weight excluding hydrogens is 356 g/mol. The van der Waals surface area contributed by atoms with Crippen molar-refractivity contribution in [3.05, 3.63) is 96.3 Å². The number of rotatable bonds is 5. The SMILES string of the molecule is ClCCCC1=Cc2ccccc2[Si](c2ccccc2)(c2ccccc2)O1. The van der Waals surface area contributed by atoms with E-state index in [1.807, 2.05) is 0 Å². The first-order chi connectivity index (χ1) is 12.8. The molecule has 0 amide bonds. The van der Waals surface area contributed by atoms with Crippen LogP contribution in [-0.2, 0) is 4.43 Å². The molecule has 4 rings (SSSR count). The third kappa shape index (κ3) is 3.00. The number of fused-ring (bicyclic) bond motifs is 1. The molecule has 0 atom stereocenters. The minimum atomic E-state index is -2.58. The van der Waals surface area contributed by atoms with Gasteiger partial charge in [-0.3, -0.25) is 0 Å². The Morgan fingerprint density at radius 3 is 1.92 bits per heavy atom. The van der Waals surface area contributed by atoms with Crippen LogP contribution in [0.3, 0.4) is 0 Å². The largest absolute Gasteiger partial charge is 0.534 e. The van der Waals surface area contributed by atoms with E-state index in [0.29, 0.717) is 5.88 Å². The van der Waals surface area contributed by atoms with E-state index >= 15 is 0 Å². The Morgan fingerprint density at radius 1 is 0.731 bits per heavy atom. The summed E-state index contributed by atoms with van der Waals surface area (Å²) < 4.78 is 6.92. The van der Waals surface area contributed by atoms with Gasteiger partial charge in [0, 0.05) is 12.3 Å². The minimum Gasteiger partial charge on any atom is -0.534 e. The summed E-state index contributed by atoms with van der Waals surface area (Å²) in [4.78, 5) is 0. The van der Waals surface area contributed by atoms with Crippen LogP contribution in [0.15, 0.2) is 90.7 Å². The minimum absolute atomic E-state index is 0.646. The summed E-state index contributed by atoms with van der Waals surface area (Å²) >= 11 is 5.95. The topological polar surface area (TPSA) is 9.23 Å². The normalized spacial score (nSPS) is 14.9. The highest BCUT2D eigenvalue weighted by atomic mass is 35.5. The first kappa shape index (κ1) is 17.1. The van der Waals surface area contributed by atoms with E-state index < -0.39 is 8.32 Å². The van der Waals surface area contributed by atoms with Crippen LogP contribution in [-0.4, -0.2) is 14.2 Å². The summed E-state index contributed by atoms with van der Waals surface area (Å²) in [5.41, 5.74) is 1.27. The Balaban J connectivity index is 1.97. The summed E-state index contributed by atoms with van der Waals surface area (Å²) in [6.07, 6.45) is 3.98. The highest BCUT2D eigenvalue weighted by molar-refractivity contribution is 7.07. The van der Waals surface area contributed by atoms with Crippen LogP contribution in [0, 0.1) is 0 Å². The molecule has 0 aromatic heterocycles. The van der Waals surface area contributed by atoms with Crippen molar-refractivity contribution in [2.45, 2.75) is 12.8 Å². The van der Waals surface area contributed by atoms with E-state index in [1.165, 1.54) is 21.1 Å². The molecule has 0 saturated heterocycles. The molecule has 3 aromatic rings. The third-order valence-electron chi connectivity index (χ3n) is 4.86. The third-order valence-corrected chi connectivity index (χ3v) is 9.20. The maximum atomic E-state index is 6.92. The molecule has 0 spiro atoms. The lowest BCUT2D eigenvalue weighted by Gasteiger charge is -2.38. The molecule has 1 nitrogen and oxygen atoms in total. The van der Waals surface area contributed by atoms with E-state index in [-0.39, 0.29) is 0 Å². The molecule has 1 aliphatic rings. The van der Waals surface area contributed by atoms with Crippen LogP contribution in [0.4, 0.5) is 0 Å². The molecule has 0 saturated carbocycles. The summed E-state index contributed by atoms with van der Waals surface area (Å²) in [7, 11) is -2.58. The Morgan fingerprint density at radius 2 is 1.31 bits per heavy atom. The maximum Gasteiger partial charge on any atom is 0.347 e. The van der Waals surface area contributed by atoms with Crippen LogP contribution < -0.4 is 15.6 Å². The fourth-order valence-electron chi connectivity index (χ4n) is 3.70. The van der Waals surface area contributed by atoms with E-state index in [2.05, 4.69) is 91.0 Å². The van der Waals surface area contributed by atoms with Gasteiger partial charge < -0.3 is 4.43 Å². The summed E-state index contributed by atoms with van der Waals surface area (Å²) in [5.74, 6) is 1.69. The second-order valence-corrected chi connectivity index (χ2v) is 10.1. The average molecular weight is 377 g/mol. The molecule has 26 heavy (non-hydrogen) atoms. The standard InChI is InChI=1S/C23H21ClOSi/c24-17-9-11-20-18-19-10-7-8-16-23(19)26(25-20,21-12-3-1-4-13-21)22-14-5-2-6-15-22/h1-8,10,12-16,18H,9,11,17H2. The monoisotopic (exact) mass is 376 g/mol. The van der Waals surface area contributed by atoms with Gasteiger partial charge in [-0.05, 0) is 33.6 Å². The second kappa shape index (κ2) is 7.53. The van der Waals surface area contributed by atoms with Gasteiger partial charge in [0.05, 0.1) is 5.76 Å². The van der Waals surface area contributed by atoms with Crippen LogP contribution in [0.2, 0.25) is 0 Å². The van der Waals surface area contributed by atoms with Crippen molar-refractivity contribution < 1.29 is 4.43 Å². The van der Waals surface area contributed by atoms with Gasteiger partial charge in [0.2, 0.25) is 0 Å². The fraction of sp³-hybridized carbons (Fsp3) is 0.130. The smallest absolute Gasteiger partial charge is 0.347 e. The number of hydrogen-bond donors (Lipinski definition) is 0. The molecule has 0 unspecified atom stereocenters. The summed E-state index contributed by atoms with van der Waals surface area (Å²) in [6, 6.07) is 30.1. The quantitative estimate of drug-likeness (QED) is 0.482. The van der Waals surface area contributed by atoms with Crippen molar-refractivity contribution in [2.24, 2.45) is 0 Å². The van der Waals surface area contributed by atoms with Crippen molar-refractivity contribution in [3.8, 4) is 0 Å². The second-order valence-electron chi connectivity index (χ2n) is 6.51. The zero-order chi connectivity index (χ0) is 17.8. The van der Waals surface area contributed by atoms with Crippen molar-refractivity contribution in [2.75, 3.05) is 5.88 Å². The van der Waals surface area contributed by atoms with Gasteiger partial charge in [0.25, 0.3) is 0 Å². The average Bonchev–Trinajstić information content (AvgIpc) is 2.73. The molecule has 1 aliphatic heterocycles. The molecule has 0 fully saturated rings. The van der Waals surface area contributed by atoms with Crippen molar-refractivity contribution in [3.63, 3.8) is 0 Å². The van der Waals surface area contributed by atoms with Gasteiger partial charge in [0.1, 0.15) is 0 Å². The first-order valence-corrected chi connectivity index (χ1v) is 11.4.